The monoisotopic (exact) mass is 471 g/mol. The molecule has 1 aromatic carbocycles. The molecular weight excluding hydrogens is 469 g/mol. The van der Waals surface area contributed by atoms with Crippen LogP contribution in [0.2, 0.25) is 5.02 Å². The van der Waals surface area contributed by atoms with Gasteiger partial charge in [-0.2, -0.15) is 0 Å². The second-order valence-electron chi connectivity index (χ2n) is 3.31. The Kier molecular flexibility index (Phi) is 4.88. The summed E-state index contributed by atoms with van der Waals surface area (Å²) in [6, 6.07) is 7.00. The van der Waals surface area contributed by atoms with Crippen LogP contribution >= 0.6 is 70.7 Å². The number of amides is 1. The summed E-state index contributed by atoms with van der Waals surface area (Å²) in [5.74, 6) is -0.172. The van der Waals surface area contributed by atoms with E-state index < -0.39 is 0 Å². The summed E-state index contributed by atoms with van der Waals surface area (Å²) in [5, 5.41) is 3.38. The molecule has 0 bridgehead atoms. The molecule has 0 fully saturated rings. The van der Waals surface area contributed by atoms with Gasteiger partial charge in [0.2, 0.25) is 0 Å². The maximum absolute atomic E-state index is 12.0. The third kappa shape index (κ3) is 3.36. The van der Waals surface area contributed by atoms with Gasteiger partial charge in [-0.15, -0.1) is 11.3 Å². The van der Waals surface area contributed by atoms with Crippen molar-refractivity contribution in [2.45, 2.75) is 0 Å². The van der Waals surface area contributed by atoms with Gasteiger partial charge in [-0.05, 0) is 72.1 Å². The minimum absolute atomic E-state index is 0.172. The number of rotatable bonds is 2. The Morgan fingerprint density at radius 3 is 2.50 bits per heavy atom. The zero-order chi connectivity index (χ0) is 13.3. The molecule has 0 atom stereocenters. The minimum atomic E-state index is -0.172. The second-order valence-corrected chi connectivity index (χ2v) is 7.83. The van der Waals surface area contributed by atoms with Crippen LogP contribution in [-0.4, -0.2) is 5.91 Å². The van der Waals surface area contributed by atoms with E-state index in [4.69, 9.17) is 11.6 Å². The zero-order valence-corrected chi connectivity index (χ0v) is 15.0. The van der Waals surface area contributed by atoms with Crippen LogP contribution in [0, 0.1) is 0 Å². The number of halogens is 4. The van der Waals surface area contributed by atoms with Gasteiger partial charge in [0.05, 0.1) is 14.4 Å². The van der Waals surface area contributed by atoms with Gasteiger partial charge >= 0.3 is 0 Å². The van der Waals surface area contributed by atoms with Crippen molar-refractivity contribution < 1.29 is 4.79 Å². The third-order valence-corrected chi connectivity index (χ3v) is 6.23. The fourth-order valence-electron chi connectivity index (χ4n) is 1.24. The molecule has 0 unspecified atom stereocenters. The molecule has 0 saturated heterocycles. The molecule has 1 amide bonds. The van der Waals surface area contributed by atoms with E-state index in [1.807, 2.05) is 0 Å². The number of carbonyl (C=O) groups excluding carboxylic acids is 1. The van der Waals surface area contributed by atoms with Crippen LogP contribution in [0.25, 0.3) is 0 Å². The molecule has 0 saturated carbocycles. The van der Waals surface area contributed by atoms with Crippen molar-refractivity contribution in [1.82, 2.24) is 0 Å². The molecule has 0 aliphatic rings. The second kappa shape index (κ2) is 6.05. The van der Waals surface area contributed by atoms with Crippen LogP contribution in [0.5, 0.6) is 0 Å². The molecule has 94 valence electrons. The van der Waals surface area contributed by atoms with Gasteiger partial charge in [0.1, 0.15) is 0 Å². The largest absolute Gasteiger partial charge is 0.320 e. The number of thiophene rings is 1. The number of benzene rings is 1. The standard InChI is InChI=1S/C11H5Br3ClNOS/c12-6-2-1-5(15)3-8(6)16-11(17)9-4-7(13)10(14)18-9/h1-4H,(H,16,17). The van der Waals surface area contributed by atoms with Gasteiger partial charge in [-0.1, -0.05) is 11.6 Å². The molecule has 7 heteroatoms. The lowest BCUT2D eigenvalue weighted by Crippen LogP contribution is -2.10. The Hall–Kier alpha value is 0.120. The van der Waals surface area contributed by atoms with E-state index in [9.17, 15) is 4.79 Å². The summed E-state index contributed by atoms with van der Waals surface area (Å²) >= 11 is 17.3. The quantitative estimate of drug-likeness (QED) is 0.574. The molecule has 0 aliphatic carbocycles. The van der Waals surface area contributed by atoms with Crippen molar-refractivity contribution in [3.63, 3.8) is 0 Å². The number of hydrogen-bond donors (Lipinski definition) is 1. The third-order valence-electron chi connectivity index (χ3n) is 2.05. The summed E-state index contributed by atoms with van der Waals surface area (Å²) in [7, 11) is 0. The van der Waals surface area contributed by atoms with Crippen LogP contribution in [0.1, 0.15) is 9.67 Å². The Balaban J connectivity index is 2.23. The summed E-state index contributed by atoms with van der Waals surface area (Å²) in [5.41, 5.74) is 0.646. The molecule has 18 heavy (non-hydrogen) atoms. The molecule has 2 nitrogen and oxygen atoms in total. The first-order valence-electron chi connectivity index (χ1n) is 4.68. The van der Waals surface area contributed by atoms with Crippen molar-refractivity contribution in [2.24, 2.45) is 0 Å². The lowest BCUT2D eigenvalue weighted by atomic mass is 10.3. The Morgan fingerprint density at radius 2 is 1.89 bits per heavy atom. The first kappa shape index (κ1) is 14.5. The van der Waals surface area contributed by atoms with E-state index in [0.29, 0.717) is 15.6 Å². The van der Waals surface area contributed by atoms with Crippen LogP contribution in [0.15, 0.2) is 37.0 Å². The molecule has 0 radical (unpaired) electrons. The first-order chi connectivity index (χ1) is 8.47. The maximum atomic E-state index is 12.0. The lowest BCUT2D eigenvalue weighted by molar-refractivity contribution is 0.103. The average molecular weight is 474 g/mol. The van der Waals surface area contributed by atoms with Crippen molar-refractivity contribution in [3.8, 4) is 0 Å². The molecule has 1 N–H and O–H groups in total. The smallest absolute Gasteiger partial charge is 0.265 e. The van der Waals surface area contributed by atoms with E-state index in [1.165, 1.54) is 11.3 Å². The van der Waals surface area contributed by atoms with Crippen LogP contribution in [-0.2, 0) is 0 Å². The van der Waals surface area contributed by atoms with E-state index in [1.54, 1.807) is 24.3 Å². The summed E-state index contributed by atoms with van der Waals surface area (Å²) in [4.78, 5) is 12.6. The van der Waals surface area contributed by atoms with E-state index in [2.05, 4.69) is 53.1 Å². The minimum Gasteiger partial charge on any atom is -0.320 e. The molecule has 0 spiro atoms. The molecule has 0 aliphatic heterocycles. The molecule has 2 rings (SSSR count). The topological polar surface area (TPSA) is 29.1 Å². The average Bonchev–Trinajstić information content (AvgIpc) is 2.64. The Morgan fingerprint density at radius 1 is 1.17 bits per heavy atom. The Labute approximate surface area is 138 Å². The summed E-state index contributed by atoms with van der Waals surface area (Å²) in [6.45, 7) is 0. The van der Waals surface area contributed by atoms with Crippen molar-refractivity contribution in [2.75, 3.05) is 5.32 Å². The number of carbonyl (C=O) groups is 1. The van der Waals surface area contributed by atoms with Crippen LogP contribution < -0.4 is 5.32 Å². The van der Waals surface area contributed by atoms with E-state index in [-0.39, 0.29) is 5.91 Å². The fraction of sp³-hybridized carbons (Fsp3) is 0. The van der Waals surface area contributed by atoms with Crippen LogP contribution in [0.4, 0.5) is 5.69 Å². The van der Waals surface area contributed by atoms with Gasteiger partial charge in [-0.25, -0.2) is 0 Å². The zero-order valence-electron chi connectivity index (χ0n) is 8.64. The summed E-state index contributed by atoms with van der Waals surface area (Å²) in [6.07, 6.45) is 0. The molecular formula is C11H5Br3ClNOS. The van der Waals surface area contributed by atoms with Gasteiger partial charge in [0.25, 0.3) is 5.91 Å². The van der Waals surface area contributed by atoms with Crippen molar-refractivity contribution >= 4 is 82.3 Å². The summed E-state index contributed by atoms with van der Waals surface area (Å²) < 4.78 is 2.54. The number of nitrogens with one attached hydrogen (secondary N) is 1. The normalized spacial score (nSPS) is 10.4. The van der Waals surface area contributed by atoms with Gasteiger partial charge < -0.3 is 5.32 Å². The van der Waals surface area contributed by atoms with E-state index in [0.717, 1.165) is 12.7 Å². The highest BCUT2D eigenvalue weighted by atomic mass is 79.9. The maximum Gasteiger partial charge on any atom is 0.265 e. The predicted molar refractivity (Wildman–Crippen MR) is 86.8 cm³/mol. The van der Waals surface area contributed by atoms with Crippen molar-refractivity contribution in [3.05, 3.63) is 46.9 Å². The van der Waals surface area contributed by atoms with Gasteiger partial charge in [0, 0.05) is 14.0 Å². The van der Waals surface area contributed by atoms with Gasteiger partial charge in [0.15, 0.2) is 0 Å². The highest BCUT2D eigenvalue weighted by Gasteiger charge is 2.13. The number of hydrogen-bond acceptors (Lipinski definition) is 2. The number of anilines is 1. The van der Waals surface area contributed by atoms with Crippen molar-refractivity contribution in [1.29, 1.82) is 0 Å². The highest BCUT2D eigenvalue weighted by Crippen LogP contribution is 2.33. The molecule has 1 aromatic heterocycles. The lowest BCUT2D eigenvalue weighted by Gasteiger charge is -2.06. The predicted octanol–water partition coefficient (Wildman–Crippen LogP) is 5.94. The highest BCUT2D eigenvalue weighted by molar-refractivity contribution is 9.13. The van der Waals surface area contributed by atoms with Crippen LogP contribution in [0.3, 0.4) is 0 Å². The SMILES string of the molecule is O=C(Nc1cc(Cl)ccc1Br)c1cc(Br)c(Br)s1. The molecule has 2 aromatic rings. The van der Waals surface area contributed by atoms with E-state index >= 15 is 0 Å². The van der Waals surface area contributed by atoms with Gasteiger partial charge in [-0.3, -0.25) is 4.79 Å². The molecule has 1 heterocycles. The Bertz CT molecular complexity index is 595. The first-order valence-corrected chi connectivity index (χ1v) is 8.26. The fourth-order valence-corrected chi connectivity index (χ4v) is 3.68.